The number of nitrogens with zero attached hydrogens (tertiary/aromatic N) is 1. The number of ketones is 1. The molecule has 2 aliphatic rings. The van der Waals surface area contributed by atoms with Gasteiger partial charge in [0.1, 0.15) is 0 Å². The van der Waals surface area contributed by atoms with E-state index < -0.39 is 5.60 Å². The lowest BCUT2D eigenvalue weighted by molar-refractivity contribution is -0.116. The second-order valence-corrected chi connectivity index (χ2v) is 5.60. The summed E-state index contributed by atoms with van der Waals surface area (Å²) in [5.41, 5.74) is 0.0639. The van der Waals surface area contributed by atoms with E-state index >= 15 is 0 Å². The first kappa shape index (κ1) is 12.9. The van der Waals surface area contributed by atoms with Crippen molar-refractivity contribution in [3.8, 4) is 0 Å². The van der Waals surface area contributed by atoms with Gasteiger partial charge in [-0.3, -0.25) is 9.69 Å². The molecule has 1 aromatic rings. The van der Waals surface area contributed by atoms with Crippen molar-refractivity contribution in [2.45, 2.75) is 31.9 Å². The maximum atomic E-state index is 12.3. The van der Waals surface area contributed by atoms with Gasteiger partial charge in [-0.2, -0.15) is 0 Å². The molecule has 0 aromatic heterocycles. The van der Waals surface area contributed by atoms with E-state index in [1.54, 1.807) is 11.0 Å². The number of para-hydroxylation sites is 1. The summed E-state index contributed by atoms with van der Waals surface area (Å²) in [6.07, 6.45) is 3.22. The minimum absolute atomic E-state index is 0.0329. The highest BCUT2D eigenvalue weighted by Gasteiger charge is 2.56. The highest BCUT2D eigenvalue weighted by Crippen LogP contribution is 2.43. The van der Waals surface area contributed by atoms with Crippen LogP contribution in [-0.4, -0.2) is 23.5 Å². The van der Waals surface area contributed by atoms with E-state index in [-0.39, 0.29) is 23.8 Å². The van der Waals surface area contributed by atoms with Gasteiger partial charge in [-0.15, -0.1) is 0 Å². The summed E-state index contributed by atoms with van der Waals surface area (Å²) in [6, 6.07) is 9.10. The second-order valence-electron chi connectivity index (χ2n) is 5.60. The van der Waals surface area contributed by atoms with Crippen LogP contribution in [0.25, 0.3) is 0 Å². The third-order valence-corrected chi connectivity index (χ3v) is 4.15. The van der Waals surface area contributed by atoms with Crippen molar-refractivity contribution in [1.82, 2.24) is 0 Å². The molecule has 0 spiro atoms. The fourth-order valence-electron chi connectivity index (χ4n) is 3.04. The SMILES string of the molecule is CC(C)[C@@]12C=CC(=O)C[C@@H]1N(c1ccccc1)C(=O)O2. The summed E-state index contributed by atoms with van der Waals surface area (Å²) in [5.74, 6) is 0.139. The first-order chi connectivity index (χ1) is 9.54. The number of fused-ring (bicyclic) bond motifs is 1. The zero-order chi connectivity index (χ0) is 14.3. The second kappa shape index (κ2) is 4.47. The van der Waals surface area contributed by atoms with Gasteiger partial charge < -0.3 is 4.74 Å². The molecule has 4 heteroatoms. The number of hydrogen-bond donors (Lipinski definition) is 0. The molecule has 1 fully saturated rings. The number of carbonyl (C=O) groups excluding carboxylic acids is 2. The Balaban J connectivity index is 2.08. The van der Waals surface area contributed by atoms with Gasteiger partial charge in [-0.1, -0.05) is 32.0 Å². The summed E-state index contributed by atoms with van der Waals surface area (Å²) in [4.78, 5) is 25.7. The van der Waals surface area contributed by atoms with Gasteiger partial charge in [-0.05, 0) is 30.2 Å². The number of benzene rings is 1. The van der Waals surface area contributed by atoms with Crippen LogP contribution in [0.1, 0.15) is 20.3 Å². The molecule has 4 nitrogen and oxygen atoms in total. The molecule has 1 saturated heterocycles. The Labute approximate surface area is 118 Å². The van der Waals surface area contributed by atoms with Crippen LogP contribution >= 0.6 is 0 Å². The Hall–Kier alpha value is -2.10. The maximum absolute atomic E-state index is 12.3. The largest absolute Gasteiger partial charge is 0.436 e. The number of allylic oxidation sites excluding steroid dienone is 1. The molecule has 1 aliphatic heterocycles. The Morgan fingerprint density at radius 1 is 1.25 bits per heavy atom. The molecule has 0 N–H and O–H groups in total. The molecule has 0 radical (unpaired) electrons. The van der Waals surface area contributed by atoms with Gasteiger partial charge in [0.05, 0.1) is 6.04 Å². The number of hydrogen-bond acceptors (Lipinski definition) is 3. The van der Waals surface area contributed by atoms with Crippen LogP contribution in [-0.2, 0) is 9.53 Å². The minimum Gasteiger partial charge on any atom is -0.436 e. The van der Waals surface area contributed by atoms with Crippen molar-refractivity contribution in [2.75, 3.05) is 4.90 Å². The van der Waals surface area contributed by atoms with Gasteiger partial charge in [-0.25, -0.2) is 4.79 Å². The molecule has 1 aliphatic carbocycles. The number of anilines is 1. The lowest BCUT2D eigenvalue weighted by Gasteiger charge is -2.37. The molecule has 1 aromatic carbocycles. The standard InChI is InChI=1S/C16H17NO3/c1-11(2)16-9-8-13(18)10-14(16)17(15(19)20-16)12-6-4-3-5-7-12/h3-9,11,14H,10H2,1-2H3/t14-,16-/m0/s1. The number of rotatable bonds is 2. The summed E-state index contributed by atoms with van der Waals surface area (Å²) in [7, 11) is 0. The quantitative estimate of drug-likeness (QED) is 0.830. The third kappa shape index (κ3) is 1.75. The molecule has 0 bridgehead atoms. The van der Waals surface area contributed by atoms with Crippen molar-refractivity contribution < 1.29 is 14.3 Å². The van der Waals surface area contributed by atoms with Gasteiger partial charge in [0.2, 0.25) is 0 Å². The minimum atomic E-state index is -0.708. The molecule has 0 unspecified atom stereocenters. The zero-order valence-electron chi connectivity index (χ0n) is 11.6. The Bertz CT molecular complexity index is 579. The highest BCUT2D eigenvalue weighted by molar-refractivity contribution is 5.98. The highest BCUT2D eigenvalue weighted by atomic mass is 16.6. The van der Waals surface area contributed by atoms with E-state index in [1.165, 1.54) is 6.08 Å². The molecule has 1 amide bonds. The van der Waals surface area contributed by atoms with Gasteiger partial charge in [0, 0.05) is 12.1 Å². The molecule has 3 rings (SSSR count). The van der Waals surface area contributed by atoms with Crippen molar-refractivity contribution in [3.05, 3.63) is 42.5 Å². The van der Waals surface area contributed by atoms with Crippen LogP contribution in [0.2, 0.25) is 0 Å². The van der Waals surface area contributed by atoms with Crippen molar-refractivity contribution in [1.29, 1.82) is 0 Å². The smallest absolute Gasteiger partial charge is 0.415 e. The predicted molar refractivity (Wildman–Crippen MR) is 75.5 cm³/mol. The molecular formula is C16H17NO3. The van der Waals surface area contributed by atoms with Gasteiger partial charge >= 0.3 is 6.09 Å². The average molecular weight is 271 g/mol. The number of amides is 1. The molecule has 2 atom stereocenters. The molecular weight excluding hydrogens is 254 g/mol. The lowest BCUT2D eigenvalue weighted by atomic mass is 9.77. The summed E-state index contributed by atoms with van der Waals surface area (Å²) in [5, 5.41) is 0. The predicted octanol–water partition coefficient (Wildman–Crippen LogP) is 2.94. The average Bonchev–Trinajstić information content (AvgIpc) is 2.72. The van der Waals surface area contributed by atoms with Crippen LogP contribution in [0.4, 0.5) is 10.5 Å². The normalized spacial score (nSPS) is 28.8. The topological polar surface area (TPSA) is 46.6 Å². The van der Waals surface area contributed by atoms with Crippen molar-refractivity contribution in [3.63, 3.8) is 0 Å². The van der Waals surface area contributed by atoms with Crippen LogP contribution in [0.15, 0.2) is 42.5 Å². The monoisotopic (exact) mass is 271 g/mol. The zero-order valence-corrected chi connectivity index (χ0v) is 11.6. The lowest BCUT2D eigenvalue weighted by Crippen LogP contribution is -2.50. The molecule has 0 saturated carbocycles. The van der Waals surface area contributed by atoms with Crippen LogP contribution in [0.5, 0.6) is 0 Å². The summed E-state index contributed by atoms with van der Waals surface area (Å²) < 4.78 is 5.68. The van der Waals surface area contributed by atoms with E-state index in [2.05, 4.69) is 0 Å². The number of ether oxygens (including phenoxy) is 1. The third-order valence-electron chi connectivity index (χ3n) is 4.15. The molecule has 1 heterocycles. The first-order valence-corrected chi connectivity index (χ1v) is 6.84. The Morgan fingerprint density at radius 3 is 2.60 bits per heavy atom. The van der Waals surface area contributed by atoms with Crippen LogP contribution in [0, 0.1) is 5.92 Å². The van der Waals surface area contributed by atoms with Crippen LogP contribution in [0.3, 0.4) is 0 Å². The fraction of sp³-hybridized carbons (Fsp3) is 0.375. The van der Waals surface area contributed by atoms with E-state index in [4.69, 9.17) is 4.74 Å². The van der Waals surface area contributed by atoms with Gasteiger partial charge in [0.25, 0.3) is 0 Å². The van der Waals surface area contributed by atoms with Crippen LogP contribution < -0.4 is 4.90 Å². The van der Waals surface area contributed by atoms with E-state index in [0.717, 1.165) is 5.69 Å². The Kier molecular flexibility index (Phi) is 2.89. The van der Waals surface area contributed by atoms with Crippen molar-refractivity contribution >= 4 is 17.6 Å². The van der Waals surface area contributed by atoms with E-state index in [0.29, 0.717) is 6.42 Å². The Morgan fingerprint density at radius 2 is 1.95 bits per heavy atom. The first-order valence-electron chi connectivity index (χ1n) is 6.84. The molecule has 20 heavy (non-hydrogen) atoms. The van der Waals surface area contributed by atoms with E-state index in [9.17, 15) is 9.59 Å². The van der Waals surface area contributed by atoms with E-state index in [1.807, 2.05) is 44.2 Å². The summed E-state index contributed by atoms with van der Waals surface area (Å²) in [6.45, 7) is 4.02. The van der Waals surface area contributed by atoms with Gasteiger partial charge in [0.15, 0.2) is 11.4 Å². The fourth-order valence-corrected chi connectivity index (χ4v) is 3.04. The number of carbonyl (C=O) groups is 2. The molecule has 104 valence electrons. The van der Waals surface area contributed by atoms with Crippen molar-refractivity contribution in [2.24, 2.45) is 5.92 Å². The maximum Gasteiger partial charge on any atom is 0.415 e. The summed E-state index contributed by atoms with van der Waals surface area (Å²) >= 11 is 0.